The molecule has 2 rings (SSSR count). The molecule has 21 heavy (non-hydrogen) atoms. The van der Waals surface area contributed by atoms with E-state index in [1.165, 1.54) is 12.1 Å². The monoisotopic (exact) mass is 289 g/mol. The van der Waals surface area contributed by atoms with Gasteiger partial charge in [-0.3, -0.25) is 0 Å². The lowest BCUT2D eigenvalue weighted by Crippen LogP contribution is -2.25. The van der Waals surface area contributed by atoms with E-state index >= 15 is 0 Å². The number of nitrogens with one attached hydrogen (secondary N) is 1. The van der Waals surface area contributed by atoms with Crippen molar-refractivity contribution in [2.75, 3.05) is 6.54 Å². The molecule has 0 bridgehead atoms. The minimum Gasteiger partial charge on any atom is -0.310 e. The highest BCUT2D eigenvalue weighted by molar-refractivity contribution is 5.35. The second kappa shape index (κ2) is 6.81. The number of rotatable bonds is 5. The fourth-order valence-corrected chi connectivity index (χ4v) is 2.79. The summed E-state index contributed by atoms with van der Waals surface area (Å²) in [5.74, 6) is -0.460. The van der Waals surface area contributed by atoms with Crippen LogP contribution in [0.2, 0.25) is 0 Å². The second-order valence-electron chi connectivity index (χ2n) is 5.42. The first-order valence-corrected chi connectivity index (χ1v) is 7.25. The fourth-order valence-electron chi connectivity index (χ4n) is 2.79. The number of halogens is 2. The maximum atomic E-state index is 14.4. The predicted octanol–water partition coefficient (Wildman–Crippen LogP) is 4.47. The Balaban J connectivity index is 2.35. The summed E-state index contributed by atoms with van der Waals surface area (Å²) in [5, 5.41) is 3.31. The zero-order chi connectivity index (χ0) is 15.4. The first-order valence-electron chi connectivity index (χ1n) is 7.25. The smallest absolute Gasteiger partial charge is 0.128 e. The molecule has 112 valence electrons. The molecule has 0 aliphatic rings. The van der Waals surface area contributed by atoms with Gasteiger partial charge in [-0.2, -0.15) is 0 Å². The van der Waals surface area contributed by atoms with Gasteiger partial charge in [-0.25, -0.2) is 8.78 Å². The molecule has 1 unspecified atom stereocenters. The van der Waals surface area contributed by atoms with Gasteiger partial charge in [0.15, 0.2) is 0 Å². The van der Waals surface area contributed by atoms with E-state index in [2.05, 4.69) is 5.32 Å². The SMILES string of the molecule is CCNC(Cc1cccc(F)c1)c1c(C)cc(C)cc1F. The zero-order valence-corrected chi connectivity index (χ0v) is 12.7. The van der Waals surface area contributed by atoms with E-state index < -0.39 is 0 Å². The van der Waals surface area contributed by atoms with Crippen LogP contribution in [0.25, 0.3) is 0 Å². The Hall–Kier alpha value is -1.74. The van der Waals surface area contributed by atoms with Crippen LogP contribution in [0.15, 0.2) is 36.4 Å². The Bertz CT molecular complexity index is 599. The Morgan fingerprint density at radius 2 is 1.86 bits per heavy atom. The third-order valence-electron chi connectivity index (χ3n) is 3.61. The molecule has 0 amide bonds. The molecule has 0 fully saturated rings. The average Bonchev–Trinajstić information content (AvgIpc) is 2.37. The summed E-state index contributed by atoms with van der Waals surface area (Å²) >= 11 is 0. The average molecular weight is 289 g/mol. The van der Waals surface area contributed by atoms with Crippen molar-refractivity contribution in [2.24, 2.45) is 0 Å². The molecular formula is C18H21F2N. The summed E-state index contributed by atoms with van der Waals surface area (Å²) in [7, 11) is 0. The lowest BCUT2D eigenvalue weighted by Gasteiger charge is -2.22. The number of hydrogen-bond acceptors (Lipinski definition) is 1. The maximum absolute atomic E-state index is 14.4. The lowest BCUT2D eigenvalue weighted by atomic mass is 9.93. The molecule has 0 saturated heterocycles. The Morgan fingerprint density at radius 3 is 2.48 bits per heavy atom. The highest BCUT2D eigenvalue weighted by Gasteiger charge is 2.18. The van der Waals surface area contributed by atoms with Crippen LogP contribution in [0.3, 0.4) is 0 Å². The number of likely N-dealkylation sites (N-methyl/N-ethyl adjacent to an activating group) is 1. The molecule has 2 aromatic rings. The van der Waals surface area contributed by atoms with Gasteiger partial charge in [0.25, 0.3) is 0 Å². The van der Waals surface area contributed by atoms with E-state index in [9.17, 15) is 8.78 Å². The van der Waals surface area contributed by atoms with Crippen molar-refractivity contribution in [3.05, 3.63) is 70.3 Å². The standard InChI is InChI=1S/C18H21F2N/c1-4-21-17(11-14-6-5-7-15(19)10-14)18-13(3)8-12(2)9-16(18)20/h5-10,17,21H,4,11H2,1-3H3. The van der Waals surface area contributed by atoms with Crippen molar-refractivity contribution in [1.82, 2.24) is 5.32 Å². The summed E-state index contributed by atoms with van der Waals surface area (Å²) in [6.45, 7) is 6.52. The number of hydrogen-bond donors (Lipinski definition) is 1. The van der Waals surface area contributed by atoms with E-state index in [4.69, 9.17) is 0 Å². The lowest BCUT2D eigenvalue weighted by molar-refractivity contribution is 0.505. The molecule has 0 aliphatic carbocycles. The van der Waals surface area contributed by atoms with Gasteiger partial charge in [0.1, 0.15) is 11.6 Å². The number of aryl methyl sites for hydroxylation is 2. The van der Waals surface area contributed by atoms with Crippen molar-refractivity contribution in [2.45, 2.75) is 33.2 Å². The van der Waals surface area contributed by atoms with Crippen LogP contribution >= 0.6 is 0 Å². The first-order chi connectivity index (χ1) is 10.0. The van der Waals surface area contributed by atoms with Gasteiger partial charge in [-0.05, 0) is 61.7 Å². The van der Waals surface area contributed by atoms with E-state index in [0.29, 0.717) is 12.0 Å². The molecule has 0 heterocycles. The summed E-state index contributed by atoms with van der Waals surface area (Å²) in [4.78, 5) is 0. The van der Waals surface area contributed by atoms with Crippen molar-refractivity contribution in [1.29, 1.82) is 0 Å². The van der Waals surface area contributed by atoms with Crippen LogP contribution in [-0.2, 0) is 6.42 Å². The van der Waals surface area contributed by atoms with Gasteiger partial charge in [-0.1, -0.05) is 25.1 Å². The predicted molar refractivity (Wildman–Crippen MR) is 82.4 cm³/mol. The Morgan fingerprint density at radius 1 is 1.10 bits per heavy atom. The molecule has 1 nitrogen and oxygen atoms in total. The molecule has 0 aromatic heterocycles. The molecule has 0 saturated carbocycles. The third kappa shape index (κ3) is 3.88. The molecule has 1 N–H and O–H groups in total. The molecule has 2 aromatic carbocycles. The zero-order valence-electron chi connectivity index (χ0n) is 12.7. The third-order valence-corrected chi connectivity index (χ3v) is 3.61. The highest BCUT2D eigenvalue weighted by atomic mass is 19.1. The summed E-state index contributed by atoms with van der Waals surface area (Å²) in [5.41, 5.74) is 3.37. The van der Waals surface area contributed by atoms with Crippen molar-refractivity contribution in [3.63, 3.8) is 0 Å². The maximum Gasteiger partial charge on any atom is 0.128 e. The van der Waals surface area contributed by atoms with E-state index in [0.717, 1.165) is 23.2 Å². The van der Waals surface area contributed by atoms with Gasteiger partial charge >= 0.3 is 0 Å². The number of benzene rings is 2. The molecule has 1 atom stereocenters. The molecular weight excluding hydrogens is 268 g/mol. The van der Waals surface area contributed by atoms with Crippen LogP contribution < -0.4 is 5.32 Å². The summed E-state index contributed by atoms with van der Waals surface area (Å²) < 4.78 is 27.7. The first kappa shape index (κ1) is 15.6. The Kier molecular flexibility index (Phi) is 5.07. The Labute approximate surface area is 125 Å². The topological polar surface area (TPSA) is 12.0 Å². The van der Waals surface area contributed by atoms with E-state index in [1.54, 1.807) is 12.1 Å². The van der Waals surface area contributed by atoms with Gasteiger partial charge in [0.05, 0.1) is 0 Å². The quantitative estimate of drug-likeness (QED) is 0.856. The minimum absolute atomic E-state index is 0.155. The van der Waals surface area contributed by atoms with E-state index in [1.807, 2.05) is 32.9 Å². The van der Waals surface area contributed by atoms with Gasteiger partial charge < -0.3 is 5.32 Å². The largest absolute Gasteiger partial charge is 0.310 e. The van der Waals surface area contributed by atoms with Crippen molar-refractivity contribution in [3.8, 4) is 0 Å². The molecule has 0 aliphatic heterocycles. The fraction of sp³-hybridized carbons (Fsp3) is 0.333. The van der Waals surface area contributed by atoms with Crippen LogP contribution in [-0.4, -0.2) is 6.54 Å². The molecule has 3 heteroatoms. The summed E-state index contributed by atoms with van der Waals surface area (Å²) in [6, 6.07) is 9.86. The van der Waals surface area contributed by atoms with Crippen LogP contribution in [0, 0.1) is 25.5 Å². The second-order valence-corrected chi connectivity index (χ2v) is 5.42. The van der Waals surface area contributed by atoms with E-state index in [-0.39, 0.29) is 17.7 Å². The van der Waals surface area contributed by atoms with Gasteiger partial charge in [0.2, 0.25) is 0 Å². The van der Waals surface area contributed by atoms with Gasteiger partial charge in [-0.15, -0.1) is 0 Å². The van der Waals surface area contributed by atoms with Crippen molar-refractivity contribution < 1.29 is 8.78 Å². The minimum atomic E-state index is -0.260. The normalized spacial score (nSPS) is 12.4. The van der Waals surface area contributed by atoms with Crippen molar-refractivity contribution >= 4 is 0 Å². The summed E-state index contributed by atoms with van der Waals surface area (Å²) in [6.07, 6.45) is 0.562. The highest BCUT2D eigenvalue weighted by Crippen LogP contribution is 2.26. The van der Waals surface area contributed by atoms with Gasteiger partial charge in [0, 0.05) is 11.6 Å². The molecule has 0 spiro atoms. The molecule has 0 radical (unpaired) electrons. The van der Waals surface area contributed by atoms with Crippen LogP contribution in [0.1, 0.15) is 35.2 Å². The van der Waals surface area contributed by atoms with Crippen LogP contribution in [0.5, 0.6) is 0 Å². The van der Waals surface area contributed by atoms with Crippen LogP contribution in [0.4, 0.5) is 8.78 Å².